The Morgan fingerprint density at radius 2 is 1.77 bits per heavy atom. The summed E-state index contributed by atoms with van der Waals surface area (Å²) >= 11 is 1.28. The average Bonchev–Trinajstić information content (AvgIpc) is 3.12. The first-order valence-corrected chi connectivity index (χ1v) is 11.9. The minimum Gasteiger partial charge on any atom is -0.462 e. The minimum atomic E-state index is -3.36. The number of nitrogens with one attached hydrogen (secondary N) is 1. The van der Waals surface area contributed by atoms with Crippen LogP contribution in [-0.2, 0) is 25.8 Å². The van der Waals surface area contributed by atoms with Crippen LogP contribution in [0.4, 0.5) is 5.00 Å². The summed E-state index contributed by atoms with van der Waals surface area (Å²) in [5.41, 5.74) is 1.78. The number of amides is 1. The van der Waals surface area contributed by atoms with Crippen molar-refractivity contribution in [3.63, 3.8) is 0 Å². The zero-order valence-corrected chi connectivity index (χ0v) is 18.2. The molecule has 1 N–H and O–H groups in total. The van der Waals surface area contributed by atoms with Gasteiger partial charge in [-0.2, -0.15) is 0 Å². The van der Waals surface area contributed by atoms with Crippen LogP contribution in [0.5, 0.6) is 0 Å². The second-order valence-electron chi connectivity index (χ2n) is 6.58. The van der Waals surface area contributed by atoms with Crippen molar-refractivity contribution in [2.45, 2.75) is 18.2 Å². The largest absolute Gasteiger partial charge is 0.462 e. The number of carbonyl (C=O) groups excluding carboxylic acids is 2. The van der Waals surface area contributed by atoms with E-state index in [0.717, 1.165) is 16.7 Å². The molecule has 3 rings (SSSR count). The summed E-state index contributed by atoms with van der Waals surface area (Å²) in [5, 5.41) is 3.18. The predicted molar refractivity (Wildman–Crippen MR) is 118 cm³/mol. The van der Waals surface area contributed by atoms with Gasteiger partial charge in [-0.05, 0) is 36.2 Å². The summed E-state index contributed by atoms with van der Waals surface area (Å²) in [6.07, 6.45) is 1.10. The lowest BCUT2D eigenvalue weighted by Gasteiger charge is -2.07. The van der Waals surface area contributed by atoms with Crippen LogP contribution in [0.15, 0.2) is 65.6 Å². The lowest BCUT2D eigenvalue weighted by molar-refractivity contribution is -0.115. The molecule has 6 nitrogen and oxygen atoms in total. The third kappa shape index (κ3) is 5.34. The first-order chi connectivity index (χ1) is 14.3. The maximum atomic E-state index is 12.6. The first-order valence-electron chi connectivity index (χ1n) is 9.23. The zero-order chi connectivity index (χ0) is 21.7. The Bertz CT molecular complexity index is 1170. The highest BCUT2D eigenvalue weighted by molar-refractivity contribution is 7.90. The summed E-state index contributed by atoms with van der Waals surface area (Å²) in [5.74, 6) is -0.863. The van der Waals surface area contributed by atoms with Crippen LogP contribution in [0.1, 0.15) is 22.8 Å². The first kappa shape index (κ1) is 21.7. The molecule has 0 saturated carbocycles. The van der Waals surface area contributed by atoms with E-state index in [1.165, 1.54) is 23.5 Å². The van der Waals surface area contributed by atoms with Crippen molar-refractivity contribution in [2.24, 2.45) is 0 Å². The maximum Gasteiger partial charge on any atom is 0.341 e. The molecule has 156 valence electrons. The van der Waals surface area contributed by atoms with E-state index in [9.17, 15) is 18.0 Å². The number of anilines is 1. The van der Waals surface area contributed by atoms with Gasteiger partial charge in [-0.15, -0.1) is 11.3 Å². The monoisotopic (exact) mass is 443 g/mol. The van der Waals surface area contributed by atoms with Crippen molar-refractivity contribution in [3.05, 3.63) is 71.8 Å². The van der Waals surface area contributed by atoms with E-state index < -0.39 is 15.8 Å². The lowest BCUT2D eigenvalue weighted by atomic mass is 10.1. The quantitative estimate of drug-likeness (QED) is 0.554. The van der Waals surface area contributed by atoms with Gasteiger partial charge in [0.25, 0.3) is 0 Å². The van der Waals surface area contributed by atoms with E-state index in [4.69, 9.17) is 4.74 Å². The van der Waals surface area contributed by atoms with Gasteiger partial charge in [0.15, 0.2) is 9.84 Å². The fourth-order valence-corrected chi connectivity index (χ4v) is 4.59. The predicted octanol–water partition coefficient (Wildman–Crippen LogP) is 4.18. The molecule has 0 saturated heterocycles. The highest BCUT2D eigenvalue weighted by Crippen LogP contribution is 2.36. The van der Waals surface area contributed by atoms with Crippen molar-refractivity contribution < 1.29 is 22.7 Å². The van der Waals surface area contributed by atoms with Crippen LogP contribution in [0.25, 0.3) is 10.4 Å². The van der Waals surface area contributed by atoms with Crippen molar-refractivity contribution in [1.82, 2.24) is 0 Å². The highest BCUT2D eigenvalue weighted by Gasteiger charge is 2.20. The fourth-order valence-electron chi connectivity index (χ4n) is 2.83. The van der Waals surface area contributed by atoms with Crippen LogP contribution in [0.3, 0.4) is 0 Å². The van der Waals surface area contributed by atoms with Crippen molar-refractivity contribution >= 4 is 38.1 Å². The Hall–Kier alpha value is -2.97. The number of benzene rings is 2. The number of hydrogen-bond donors (Lipinski definition) is 1. The Morgan fingerprint density at radius 1 is 1.03 bits per heavy atom. The van der Waals surface area contributed by atoms with Gasteiger partial charge in [-0.1, -0.05) is 42.5 Å². The van der Waals surface area contributed by atoms with Gasteiger partial charge in [-0.3, -0.25) is 4.79 Å². The van der Waals surface area contributed by atoms with Crippen LogP contribution < -0.4 is 5.32 Å². The van der Waals surface area contributed by atoms with Crippen LogP contribution in [0, 0.1) is 0 Å². The number of rotatable bonds is 7. The normalized spacial score (nSPS) is 11.1. The Morgan fingerprint density at radius 3 is 2.43 bits per heavy atom. The van der Waals surface area contributed by atoms with E-state index in [1.54, 1.807) is 25.1 Å². The Labute approximate surface area is 179 Å². The highest BCUT2D eigenvalue weighted by atomic mass is 32.2. The molecule has 0 aliphatic carbocycles. The molecule has 8 heteroatoms. The summed E-state index contributed by atoms with van der Waals surface area (Å²) < 4.78 is 28.6. The molecule has 0 bridgehead atoms. The molecule has 0 aliphatic heterocycles. The Balaban J connectivity index is 1.85. The van der Waals surface area contributed by atoms with Gasteiger partial charge in [0.05, 0.1) is 23.5 Å². The molecule has 0 radical (unpaired) electrons. The van der Waals surface area contributed by atoms with Crippen molar-refractivity contribution in [2.75, 3.05) is 18.2 Å². The van der Waals surface area contributed by atoms with Crippen LogP contribution in [-0.4, -0.2) is 33.2 Å². The van der Waals surface area contributed by atoms with Gasteiger partial charge in [0, 0.05) is 11.1 Å². The maximum absolute atomic E-state index is 12.6. The van der Waals surface area contributed by atoms with Gasteiger partial charge >= 0.3 is 5.97 Å². The molecule has 3 aromatic rings. The van der Waals surface area contributed by atoms with E-state index in [2.05, 4.69) is 5.32 Å². The molecule has 1 heterocycles. The van der Waals surface area contributed by atoms with Crippen molar-refractivity contribution in [3.8, 4) is 10.4 Å². The third-order valence-corrected chi connectivity index (χ3v) is 6.44. The summed E-state index contributed by atoms with van der Waals surface area (Å²) in [6, 6.07) is 17.5. The SMILES string of the molecule is CCOC(=O)c1cc(-c2ccccc2)sc1NC(=O)Cc1cccc(S(C)(=O)=O)c1. The summed E-state index contributed by atoms with van der Waals surface area (Å²) in [4.78, 5) is 26.0. The van der Waals surface area contributed by atoms with E-state index >= 15 is 0 Å². The van der Waals surface area contributed by atoms with Crippen LogP contribution >= 0.6 is 11.3 Å². The van der Waals surface area contributed by atoms with Gasteiger partial charge in [-0.25, -0.2) is 13.2 Å². The number of sulfone groups is 1. The third-order valence-electron chi connectivity index (χ3n) is 4.23. The molecule has 2 aromatic carbocycles. The number of carbonyl (C=O) groups is 2. The number of ether oxygens (including phenoxy) is 1. The minimum absolute atomic E-state index is 0.0236. The van der Waals surface area contributed by atoms with Crippen LogP contribution in [0.2, 0.25) is 0 Å². The van der Waals surface area contributed by atoms with Gasteiger partial charge in [0.2, 0.25) is 5.91 Å². The second kappa shape index (κ2) is 9.23. The topological polar surface area (TPSA) is 89.5 Å². The molecule has 0 aliphatic rings. The van der Waals surface area contributed by atoms with E-state index in [-0.39, 0.29) is 23.8 Å². The smallest absolute Gasteiger partial charge is 0.341 e. The molecular weight excluding hydrogens is 422 g/mol. The second-order valence-corrected chi connectivity index (χ2v) is 9.65. The number of hydrogen-bond acceptors (Lipinski definition) is 6. The fraction of sp³-hybridized carbons (Fsp3) is 0.182. The standard InChI is InChI=1S/C22H21NO5S2/c1-3-28-22(25)18-14-19(16-9-5-4-6-10-16)29-21(18)23-20(24)13-15-8-7-11-17(12-15)30(2,26)27/h4-12,14H,3,13H2,1-2H3,(H,23,24). The molecule has 0 fully saturated rings. The number of thiophene rings is 1. The van der Waals surface area contributed by atoms with E-state index in [0.29, 0.717) is 16.1 Å². The zero-order valence-electron chi connectivity index (χ0n) is 16.5. The molecule has 30 heavy (non-hydrogen) atoms. The van der Waals surface area contributed by atoms with Gasteiger partial charge in [0.1, 0.15) is 5.00 Å². The molecule has 0 spiro atoms. The molecule has 0 unspecified atom stereocenters. The number of esters is 1. The Kier molecular flexibility index (Phi) is 6.69. The lowest BCUT2D eigenvalue weighted by Crippen LogP contribution is -2.16. The molecule has 1 aromatic heterocycles. The van der Waals surface area contributed by atoms with E-state index in [1.807, 2.05) is 30.3 Å². The van der Waals surface area contributed by atoms with Crippen molar-refractivity contribution in [1.29, 1.82) is 0 Å². The average molecular weight is 444 g/mol. The summed E-state index contributed by atoms with van der Waals surface area (Å²) in [6.45, 7) is 1.94. The van der Waals surface area contributed by atoms with Gasteiger partial charge < -0.3 is 10.1 Å². The molecule has 0 atom stereocenters. The summed E-state index contributed by atoms with van der Waals surface area (Å²) in [7, 11) is -3.36. The molecule has 1 amide bonds. The molecular formula is C22H21NO5S2.